The zero-order valence-electron chi connectivity index (χ0n) is 11.9. The standard InChI is InChI=1S/C17H12N4O/c1-22-12-6-4-11(5-7-12)17-19-15-9-8-14-13(3-2-10-18-14)16(15)20-21-17/h2-10H,1H3. The average molecular weight is 288 g/mol. The highest BCUT2D eigenvalue weighted by molar-refractivity contribution is 6.02. The van der Waals surface area contributed by atoms with Crippen LogP contribution in [0.4, 0.5) is 0 Å². The van der Waals surface area contributed by atoms with Crippen molar-refractivity contribution in [2.45, 2.75) is 0 Å². The van der Waals surface area contributed by atoms with Crippen LogP contribution >= 0.6 is 0 Å². The van der Waals surface area contributed by atoms with Crippen molar-refractivity contribution in [3.05, 3.63) is 54.7 Å². The summed E-state index contributed by atoms with van der Waals surface area (Å²) in [5.74, 6) is 1.40. The maximum absolute atomic E-state index is 5.16. The first kappa shape index (κ1) is 12.6. The van der Waals surface area contributed by atoms with Gasteiger partial charge in [0.05, 0.1) is 18.1 Å². The predicted octanol–water partition coefficient (Wildman–Crippen LogP) is 3.25. The molecule has 0 amide bonds. The second-order valence-corrected chi connectivity index (χ2v) is 4.87. The van der Waals surface area contributed by atoms with Crippen molar-refractivity contribution in [1.29, 1.82) is 0 Å². The third-order valence-corrected chi connectivity index (χ3v) is 3.55. The predicted molar refractivity (Wildman–Crippen MR) is 84.6 cm³/mol. The van der Waals surface area contributed by atoms with E-state index in [2.05, 4.69) is 20.2 Å². The van der Waals surface area contributed by atoms with Gasteiger partial charge in [-0.05, 0) is 48.5 Å². The molecular weight excluding hydrogens is 276 g/mol. The van der Waals surface area contributed by atoms with E-state index in [0.717, 1.165) is 33.2 Å². The SMILES string of the molecule is COc1ccc(-c2nnc3c(ccc4ncccc43)n2)cc1. The minimum Gasteiger partial charge on any atom is -0.497 e. The van der Waals surface area contributed by atoms with E-state index in [-0.39, 0.29) is 0 Å². The monoisotopic (exact) mass is 288 g/mol. The van der Waals surface area contributed by atoms with Gasteiger partial charge >= 0.3 is 0 Å². The maximum Gasteiger partial charge on any atom is 0.182 e. The van der Waals surface area contributed by atoms with Crippen molar-refractivity contribution in [1.82, 2.24) is 20.2 Å². The third-order valence-electron chi connectivity index (χ3n) is 3.55. The van der Waals surface area contributed by atoms with Gasteiger partial charge in [-0.3, -0.25) is 4.98 Å². The molecule has 5 heteroatoms. The molecule has 2 aromatic heterocycles. The molecule has 0 aliphatic heterocycles. The van der Waals surface area contributed by atoms with E-state index in [1.807, 2.05) is 48.5 Å². The molecular formula is C17H12N4O. The maximum atomic E-state index is 5.16. The van der Waals surface area contributed by atoms with Crippen molar-refractivity contribution >= 4 is 21.9 Å². The lowest BCUT2D eigenvalue weighted by molar-refractivity contribution is 0.415. The van der Waals surface area contributed by atoms with Gasteiger partial charge in [0.15, 0.2) is 5.82 Å². The summed E-state index contributed by atoms with van der Waals surface area (Å²) in [6.45, 7) is 0. The van der Waals surface area contributed by atoms with Gasteiger partial charge in [0, 0.05) is 17.1 Å². The van der Waals surface area contributed by atoms with E-state index < -0.39 is 0 Å². The Kier molecular flexibility index (Phi) is 2.89. The molecule has 0 spiro atoms. The topological polar surface area (TPSA) is 60.8 Å². The first-order valence-electron chi connectivity index (χ1n) is 6.88. The molecule has 0 radical (unpaired) electrons. The van der Waals surface area contributed by atoms with Crippen molar-refractivity contribution in [3.8, 4) is 17.1 Å². The normalized spacial score (nSPS) is 11.0. The van der Waals surface area contributed by atoms with E-state index in [1.54, 1.807) is 13.3 Å². The fourth-order valence-electron chi connectivity index (χ4n) is 2.42. The second-order valence-electron chi connectivity index (χ2n) is 4.87. The number of hydrogen-bond acceptors (Lipinski definition) is 5. The summed E-state index contributed by atoms with van der Waals surface area (Å²) in [7, 11) is 1.64. The van der Waals surface area contributed by atoms with Crippen LogP contribution in [0.15, 0.2) is 54.7 Å². The Hall–Kier alpha value is -3.08. The molecule has 22 heavy (non-hydrogen) atoms. The highest BCUT2D eigenvalue weighted by Crippen LogP contribution is 2.23. The number of aromatic nitrogens is 4. The summed E-state index contributed by atoms with van der Waals surface area (Å²) in [6.07, 6.45) is 1.76. The molecule has 0 aliphatic rings. The smallest absolute Gasteiger partial charge is 0.182 e. The van der Waals surface area contributed by atoms with Crippen LogP contribution in [-0.4, -0.2) is 27.3 Å². The van der Waals surface area contributed by atoms with Crippen molar-refractivity contribution in [2.75, 3.05) is 7.11 Å². The van der Waals surface area contributed by atoms with Gasteiger partial charge < -0.3 is 4.74 Å². The van der Waals surface area contributed by atoms with Gasteiger partial charge in [-0.25, -0.2) is 4.98 Å². The Morgan fingerprint density at radius 2 is 1.68 bits per heavy atom. The van der Waals surface area contributed by atoms with E-state index in [0.29, 0.717) is 5.82 Å². The van der Waals surface area contributed by atoms with Crippen molar-refractivity contribution < 1.29 is 4.74 Å². The van der Waals surface area contributed by atoms with Gasteiger partial charge in [-0.2, -0.15) is 0 Å². The molecule has 0 aliphatic carbocycles. The molecule has 0 saturated carbocycles. The van der Waals surface area contributed by atoms with Gasteiger partial charge in [-0.1, -0.05) is 0 Å². The Balaban J connectivity index is 1.88. The zero-order valence-corrected chi connectivity index (χ0v) is 11.9. The first-order chi connectivity index (χ1) is 10.8. The van der Waals surface area contributed by atoms with E-state index in [4.69, 9.17) is 4.74 Å². The number of methoxy groups -OCH3 is 1. The van der Waals surface area contributed by atoms with Crippen LogP contribution in [0, 0.1) is 0 Å². The number of fused-ring (bicyclic) bond motifs is 3. The van der Waals surface area contributed by atoms with Crippen LogP contribution in [0.3, 0.4) is 0 Å². The minimum atomic E-state index is 0.596. The van der Waals surface area contributed by atoms with Crippen LogP contribution in [-0.2, 0) is 0 Å². The Bertz CT molecular complexity index is 967. The molecule has 4 aromatic rings. The van der Waals surface area contributed by atoms with Crippen LogP contribution in [0.5, 0.6) is 5.75 Å². The Morgan fingerprint density at radius 3 is 2.50 bits per heavy atom. The fourth-order valence-corrected chi connectivity index (χ4v) is 2.42. The van der Waals surface area contributed by atoms with Crippen molar-refractivity contribution in [2.24, 2.45) is 0 Å². The lowest BCUT2D eigenvalue weighted by Crippen LogP contribution is -1.95. The highest BCUT2D eigenvalue weighted by atomic mass is 16.5. The summed E-state index contributed by atoms with van der Waals surface area (Å²) in [6, 6.07) is 15.3. The lowest BCUT2D eigenvalue weighted by Gasteiger charge is -2.04. The first-order valence-corrected chi connectivity index (χ1v) is 6.88. The quantitative estimate of drug-likeness (QED) is 0.530. The van der Waals surface area contributed by atoms with Crippen LogP contribution < -0.4 is 4.74 Å². The average Bonchev–Trinajstić information content (AvgIpc) is 2.61. The van der Waals surface area contributed by atoms with Crippen LogP contribution in [0.25, 0.3) is 33.3 Å². The van der Waals surface area contributed by atoms with Gasteiger partial charge in [0.25, 0.3) is 0 Å². The molecule has 0 saturated heterocycles. The van der Waals surface area contributed by atoms with E-state index in [9.17, 15) is 0 Å². The summed E-state index contributed by atoms with van der Waals surface area (Å²) < 4.78 is 5.16. The second kappa shape index (κ2) is 5.04. The third kappa shape index (κ3) is 2.03. The molecule has 4 rings (SSSR count). The molecule has 0 N–H and O–H groups in total. The molecule has 2 aromatic carbocycles. The molecule has 106 valence electrons. The summed E-state index contributed by atoms with van der Waals surface area (Å²) in [5, 5.41) is 9.56. The van der Waals surface area contributed by atoms with E-state index >= 15 is 0 Å². The number of pyridine rings is 1. The summed E-state index contributed by atoms with van der Waals surface area (Å²) in [4.78, 5) is 8.93. The largest absolute Gasteiger partial charge is 0.497 e. The van der Waals surface area contributed by atoms with Gasteiger partial charge in [0.2, 0.25) is 0 Å². The van der Waals surface area contributed by atoms with Crippen LogP contribution in [0.1, 0.15) is 0 Å². The number of rotatable bonds is 2. The van der Waals surface area contributed by atoms with Crippen LogP contribution in [0.2, 0.25) is 0 Å². The molecule has 0 bridgehead atoms. The van der Waals surface area contributed by atoms with E-state index in [1.165, 1.54) is 0 Å². The number of hydrogen-bond donors (Lipinski definition) is 0. The van der Waals surface area contributed by atoms with Gasteiger partial charge in [-0.15, -0.1) is 10.2 Å². The summed E-state index contributed by atoms with van der Waals surface area (Å²) in [5.41, 5.74) is 3.37. The molecule has 5 nitrogen and oxygen atoms in total. The molecule has 0 unspecified atom stereocenters. The Morgan fingerprint density at radius 1 is 0.864 bits per heavy atom. The number of ether oxygens (including phenoxy) is 1. The number of nitrogens with zero attached hydrogens (tertiary/aromatic N) is 4. The Labute approximate surface area is 126 Å². The number of benzene rings is 2. The molecule has 0 atom stereocenters. The zero-order chi connectivity index (χ0) is 14.9. The van der Waals surface area contributed by atoms with Crippen molar-refractivity contribution in [3.63, 3.8) is 0 Å². The van der Waals surface area contributed by atoms with Gasteiger partial charge in [0.1, 0.15) is 11.3 Å². The fraction of sp³-hybridized carbons (Fsp3) is 0.0588. The molecule has 2 heterocycles. The molecule has 0 fully saturated rings. The minimum absolute atomic E-state index is 0.596. The highest BCUT2D eigenvalue weighted by Gasteiger charge is 2.08. The lowest BCUT2D eigenvalue weighted by atomic mass is 10.1. The summed E-state index contributed by atoms with van der Waals surface area (Å²) >= 11 is 0.